The summed E-state index contributed by atoms with van der Waals surface area (Å²) < 4.78 is 26.9. The molecule has 0 radical (unpaired) electrons. The van der Waals surface area contributed by atoms with Crippen molar-refractivity contribution in [2.45, 2.75) is 41.9 Å². The number of aromatic nitrogens is 2. The van der Waals surface area contributed by atoms with Gasteiger partial charge in [0.25, 0.3) is 0 Å². The Kier molecular flexibility index (Phi) is 7.33. The van der Waals surface area contributed by atoms with Crippen molar-refractivity contribution in [3.05, 3.63) is 72.6 Å². The molecule has 0 saturated carbocycles. The molecule has 1 N–H and O–H groups in total. The molecule has 0 aliphatic rings. The molecule has 0 aliphatic carbocycles. The van der Waals surface area contributed by atoms with Gasteiger partial charge in [0.2, 0.25) is 5.91 Å². The molecule has 1 unspecified atom stereocenters. The number of hydrogen-bond donors (Lipinski definition) is 1. The van der Waals surface area contributed by atoms with Crippen LogP contribution in [0.25, 0.3) is 0 Å². The third-order valence-corrected chi connectivity index (χ3v) is 7.71. The van der Waals surface area contributed by atoms with Gasteiger partial charge >= 0.3 is 0 Å². The average Bonchev–Trinajstić information content (AvgIpc) is 3.21. The van der Waals surface area contributed by atoms with Gasteiger partial charge in [-0.05, 0) is 49.2 Å². The second kappa shape index (κ2) is 9.95. The summed E-state index contributed by atoms with van der Waals surface area (Å²) >= 11 is 1.25. The molecule has 0 saturated heterocycles. The average molecular weight is 444 g/mol. The number of amides is 1. The van der Waals surface area contributed by atoms with Crippen LogP contribution in [0.2, 0.25) is 0 Å². The Labute approximate surface area is 181 Å². The summed E-state index contributed by atoms with van der Waals surface area (Å²) in [4.78, 5) is 13.6. The molecular weight excluding hydrogens is 418 g/mol. The summed E-state index contributed by atoms with van der Waals surface area (Å²) in [5.41, 5.74) is 1.72. The van der Waals surface area contributed by atoms with E-state index in [-0.39, 0.29) is 16.6 Å². The Balaban J connectivity index is 1.69. The number of hydrogen-bond acceptors (Lipinski definition) is 5. The second-order valence-electron chi connectivity index (χ2n) is 6.92. The normalized spacial score (nSPS) is 12.5. The first kappa shape index (κ1) is 22.1. The Hall–Kier alpha value is -2.58. The minimum absolute atomic E-state index is 0.0915. The smallest absolute Gasteiger partial charge is 0.237 e. The highest BCUT2D eigenvalue weighted by atomic mass is 32.2. The van der Waals surface area contributed by atoms with Gasteiger partial charge in [-0.3, -0.25) is 9.48 Å². The van der Waals surface area contributed by atoms with E-state index in [4.69, 9.17) is 0 Å². The van der Waals surface area contributed by atoms with Gasteiger partial charge in [-0.25, -0.2) is 8.42 Å². The van der Waals surface area contributed by atoms with E-state index in [0.29, 0.717) is 23.5 Å². The van der Waals surface area contributed by atoms with Gasteiger partial charge in [0.05, 0.1) is 22.4 Å². The van der Waals surface area contributed by atoms with Crippen molar-refractivity contribution in [2.24, 2.45) is 0 Å². The van der Waals surface area contributed by atoms with Gasteiger partial charge in [-0.2, -0.15) is 5.10 Å². The number of nitrogens with one attached hydrogen (secondary N) is 1. The minimum Gasteiger partial charge on any atom is -0.325 e. The highest BCUT2D eigenvalue weighted by Crippen LogP contribution is 2.31. The van der Waals surface area contributed by atoms with Crippen LogP contribution in [-0.4, -0.2) is 35.1 Å². The van der Waals surface area contributed by atoms with E-state index in [9.17, 15) is 13.2 Å². The minimum atomic E-state index is -3.36. The number of nitrogens with zero attached hydrogens (tertiary/aromatic N) is 2. The number of carbonyl (C=O) groups excluding carboxylic acids is 1. The van der Waals surface area contributed by atoms with Crippen LogP contribution in [0.3, 0.4) is 0 Å². The van der Waals surface area contributed by atoms with Crippen molar-refractivity contribution < 1.29 is 13.2 Å². The third-order valence-electron chi connectivity index (χ3n) is 4.43. The number of thioether (sulfide) groups is 1. The van der Waals surface area contributed by atoms with Crippen molar-refractivity contribution in [1.29, 1.82) is 0 Å². The molecule has 6 nitrogen and oxygen atoms in total. The van der Waals surface area contributed by atoms with Crippen LogP contribution in [0, 0.1) is 0 Å². The van der Waals surface area contributed by atoms with E-state index < -0.39 is 15.1 Å². The van der Waals surface area contributed by atoms with Crippen molar-refractivity contribution >= 4 is 33.2 Å². The van der Waals surface area contributed by atoms with E-state index in [2.05, 4.69) is 10.4 Å². The summed E-state index contributed by atoms with van der Waals surface area (Å²) in [5.74, 6) is -0.0901. The van der Waals surface area contributed by atoms with E-state index >= 15 is 0 Å². The first-order valence-electron chi connectivity index (χ1n) is 9.74. The Morgan fingerprint density at radius 2 is 1.97 bits per heavy atom. The highest BCUT2D eigenvalue weighted by Gasteiger charge is 2.22. The van der Waals surface area contributed by atoms with Crippen molar-refractivity contribution in [1.82, 2.24) is 9.78 Å². The molecule has 3 rings (SSSR count). The molecule has 3 aromatic rings. The van der Waals surface area contributed by atoms with Gasteiger partial charge in [0.15, 0.2) is 9.84 Å². The lowest BCUT2D eigenvalue weighted by atomic mass is 10.2. The molecule has 2 aromatic carbocycles. The SMILES string of the molecule is CCCS(=O)(=O)c1ccccc1SC(C)C(=O)Nc1cccc(Cn2cccn2)c1. The van der Waals surface area contributed by atoms with E-state index in [0.717, 1.165) is 5.56 Å². The lowest BCUT2D eigenvalue weighted by Gasteiger charge is -2.15. The van der Waals surface area contributed by atoms with Gasteiger partial charge < -0.3 is 5.32 Å². The topological polar surface area (TPSA) is 81.1 Å². The lowest BCUT2D eigenvalue weighted by molar-refractivity contribution is -0.115. The predicted molar refractivity (Wildman–Crippen MR) is 121 cm³/mol. The van der Waals surface area contributed by atoms with Crippen LogP contribution in [0.1, 0.15) is 25.8 Å². The Bertz CT molecular complexity index is 1100. The second-order valence-corrected chi connectivity index (χ2v) is 10.4. The number of rotatable bonds is 9. The maximum atomic E-state index is 12.7. The van der Waals surface area contributed by atoms with Crippen LogP contribution < -0.4 is 5.32 Å². The molecule has 1 aromatic heterocycles. The molecular formula is C22H25N3O3S2. The number of anilines is 1. The maximum absolute atomic E-state index is 12.7. The van der Waals surface area contributed by atoms with Gasteiger partial charge in [-0.1, -0.05) is 31.2 Å². The fourth-order valence-electron chi connectivity index (χ4n) is 3.00. The van der Waals surface area contributed by atoms with Gasteiger partial charge in [-0.15, -0.1) is 11.8 Å². The van der Waals surface area contributed by atoms with Crippen LogP contribution in [0.5, 0.6) is 0 Å². The molecule has 158 valence electrons. The first-order chi connectivity index (χ1) is 14.4. The summed E-state index contributed by atoms with van der Waals surface area (Å²) in [6, 6.07) is 16.3. The maximum Gasteiger partial charge on any atom is 0.237 e. The fraction of sp³-hybridized carbons (Fsp3) is 0.273. The molecule has 1 atom stereocenters. The number of benzene rings is 2. The molecule has 8 heteroatoms. The lowest BCUT2D eigenvalue weighted by Crippen LogP contribution is -2.22. The summed E-state index contributed by atoms with van der Waals surface area (Å²) in [6.45, 7) is 4.23. The third kappa shape index (κ3) is 5.73. The molecule has 0 spiro atoms. The van der Waals surface area contributed by atoms with Crippen molar-refractivity contribution in [3.8, 4) is 0 Å². The zero-order valence-corrected chi connectivity index (χ0v) is 18.6. The molecule has 1 heterocycles. The first-order valence-corrected chi connectivity index (χ1v) is 12.3. The van der Waals surface area contributed by atoms with E-state index in [1.165, 1.54) is 11.8 Å². The molecule has 1 amide bonds. The van der Waals surface area contributed by atoms with Crippen LogP contribution in [0.15, 0.2) is 76.8 Å². The molecule has 0 aliphatic heterocycles. The highest BCUT2D eigenvalue weighted by molar-refractivity contribution is 8.01. The van der Waals surface area contributed by atoms with Crippen molar-refractivity contribution in [3.63, 3.8) is 0 Å². The summed E-state index contributed by atoms with van der Waals surface area (Å²) in [7, 11) is -3.36. The molecule has 0 fully saturated rings. The standard InChI is InChI=1S/C22H25N3O3S2/c1-3-14-30(27,28)21-11-5-4-10-20(21)29-17(2)22(26)24-19-9-6-8-18(15-19)16-25-13-7-12-23-25/h4-13,15,17H,3,14,16H2,1-2H3,(H,24,26). The fourth-order valence-corrected chi connectivity index (χ4v) is 5.83. The Morgan fingerprint density at radius 3 is 2.70 bits per heavy atom. The number of carbonyl (C=O) groups is 1. The van der Waals surface area contributed by atoms with Crippen molar-refractivity contribution in [2.75, 3.05) is 11.1 Å². The van der Waals surface area contributed by atoms with Gasteiger partial charge in [0, 0.05) is 23.0 Å². The van der Waals surface area contributed by atoms with Gasteiger partial charge in [0.1, 0.15) is 0 Å². The van der Waals surface area contributed by atoms with Crippen LogP contribution >= 0.6 is 11.8 Å². The van der Waals surface area contributed by atoms with E-state index in [1.807, 2.05) is 48.1 Å². The molecule has 0 bridgehead atoms. The zero-order chi connectivity index (χ0) is 21.6. The monoisotopic (exact) mass is 443 g/mol. The Morgan fingerprint density at radius 1 is 1.17 bits per heavy atom. The largest absolute Gasteiger partial charge is 0.325 e. The summed E-state index contributed by atoms with van der Waals surface area (Å²) in [5, 5.41) is 6.66. The quantitative estimate of drug-likeness (QED) is 0.501. The number of sulfone groups is 1. The predicted octanol–water partition coefficient (Wildman–Crippen LogP) is 4.23. The van der Waals surface area contributed by atoms with Crippen LogP contribution in [0.4, 0.5) is 5.69 Å². The zero-order valence-electron chi connectivity index (χ0n) is 17.0. The summed E-state index contributed by atoms with van der Waals surface area (Å²) in [6.07, 6.45) is 4.16. The van der Waals surface area contributed by atoms with E-state index in [1.54, 1.807) is 37.4 Å². The molecule has 30 heavy (non-hydrogen) atoms. The van der Waals surface area contributed by atoms with Crippen LogP contribution in [-0.2, 0) is 21.2 Å².